The van der Waals surface area contributed by atoms with Gasteiger partial charge in [-0.1, -0.05) is 29.3 Å². The van der Waals surface area contributed by atoms with Crippen LogP contribution < -0.4 is 5.32 Å². The highest BCUT2D eigenvalue weighted by Gasteiger charge is 2.11. The zero-order valence-corrected chi connectivity index (χ0v) is 11.7. The molecule has 2 heterocycles. The Hall–Kier alpha value is -2.04. The molecule has 1 N–H and O–H groups in total. The molecular weight excluding hydrogens is 297 g/mol. The minimum absolute atomic E-state index is 0.299. The summed E-state index contributed by atoms with van der Waals surface area (Å²) < 4.78 is 1.64. The molecule has 0 radical (unpaired) electrons. The van der Waals surface area contributed by atoms with Gasteiger partial charge in [-0.15, -0.1) is 0 Å². The first-order chi connectivity index (χ1) is 9.63. The van der Waals surface area contributed by atoms with Gasteiger partial charge in [0.15, 0.2) is 5.69 Å². The summed E-state index contributed by atoms with van der Waals surface area (Å²) in [5.41, 5.74) is 1.76. The third kappa shape index (κ3) is 2.48. The zero-order valence-electron chi connectivity index (χ0n) is 10.2. The molecule has 0 unspecified atom stereocenters. The van der Waals surface area contributed by atoms with Crippen LogP contribution in [0.3, 0.4) is 0 Å². The fourth-order valence-electron chi connectivity index (χ4n) is 1.82. The number of halogens is 2. The standard InChI is InChI=1S/C14H9Cl2N3O/c15-11-5-4-9(7-12(11)16)17-14(20)13-8-10-3-1-2-6-19(10)18-13/h1-8H,(H,17,20). The van der Waals surface area contributed by atoms with Crippen LogP contribution >= 0.6 is 23.2 Å². The molecule has 0 aliphatic heterocycles. The van der Waals surface area contributed by atoms with Gasteiger partial charge in [-0.3, -0.25) is 4.79 Å². The number of aromatic nitrogens is 2. The normalized spacial score (nSPS) is 10.7. The molecule has 3 rings (SSSR count). The lowest BCUT2D eigenvalue weighted by Gasteiger charge is -2.04. The van der Waals surface area contributed by atoms with Crippen molar-refractivity contribution in [1.29, 1.82) is 0 Å². The van der Waals surface area contributed by atoms with Gasteiger partial charge in [0.1, 0.15) is 0 Å². The molecule has 2 aromatic heterocycles. The van der Waals surface area contributed by atoms with E-state index in [1.807, 2.05) is 18.2 Å². The molecule has 20 heavy (non-hydrogen) atoms. The lowest BCUT2D eigenvalue weighted by molar-refractivity contribution is 0.102. The van der Waals surface area contributed by atoms with Crippen LogP contribution in [0.5, 0.6) is 0 Å². The minimum Gasteiger partial charge on any atom is -0.321 e. The van der Waals surface area contributed by atoms with Crippen molar-refractivity contribution in [1.82, 2.24) is 9.61 Å². The summed E-state index contributed by atoms with van der Waals surface area (Å²) in [6.07, 6.45) is 1.78. The van der Waals surface area contributed by atoms with E-state index in [0.29, 0.717) is 21.4 Å². The van der Waals surface area contributed by atoms with E-state index in [1.54, 1.807) is 35.0 Å². The van der Waals surface area contributed by atoms with E-state index >= 15 is 0 Å². The number of hydrogen-bond donors (Lipinski definition) is 1. The number of amides is 1. The quantitative estimate of drug-likeness (QED) is 0.780. The summed E-state index contributed by atoms with van der Waals surface area (Å²) in [7, 11) is 0. The van der Waals surface area contributed by atoms with Crippen LogP contribution in [0.15, 0.2) is 48.7 Å². The maximum atomic E-state index is 12.1. The molecule has 3 aromatic rings. The summed E-state index contributed by atoms with van der Waals surface area (Å²) in [5.74, 6) is -0.299. The molecule has 0 aliphatic carbocycles. The number of nitrogens with one attached hydrogen (secondary N) is 1. The van der Waals surface area contributed by atoms with Gasteiger partial charge in [0, 0.05) is 11.9 Å². The molecule has 1 amide bonds. The number of anilines is 1. The molecule has 1 aromatic carbocycles. The molecule has 0 aliphatic rings. The molecule has 4 nitrogen and oxygen atoms in total. The zero-order chi connectivity index (χ0) is 14.1. The largest absolute Gasteiger partial charge is 0.321 e. The van der Waals surface area contributed by atoms with Crippen LogP contribution in [-0.2, 0) is 0 Å². The van der Waals surface area contributed by atoms with Crippen LogP contribution in [0.25, 0.3) is 5.52 Å². The Morgan fingerprint density at radius 3 is 2.70 bits per heavy atom. The van der Waals surface area contributed by atoms with Crippen LogP contribution in [0.4, 0.5) is 5.69 Å². The van der Waals surface area contributed by atoms with Crippen molar-refractivity contribution in [3.63, 3.8) is 0 Å². The third-order valence-electron chi connectivity index (χ3n) is 2.78. The molecule has 0 atom stereocenters. The van der Waals surface area contributed by atoms with Gasteiger partial charge in [-0.25, -0.2) is 4.52 Å². The van der Waals surface area contributed by atoms with Crippen LogP contribution in [0.1, 0.15) is 10.5 Å². The minimum atomic E-state index is -0.299. The van der Waals surface area contributed by atoms with E-state index in [-0.39, 0.29) is 5.91 Å². The number of fused-ring (bicyclic) bond motifs is 1. The van der Waals surface area contributed by atoms with E-state index in [1.165, 1.54) is 0 Å². The number of carbonyl (C=O) groups excluding carboxylic acids is 1. The monoisotopic (exact) mass is 305 g/mol. The number of carbonyl (C=O) groups is 1. The van der Waals surface area contributed by atoms with Crippen molar-refractivity contribution in [2.24, 2.45) is 0 Å². The van der Waals surface area contributed by atoms with Crippen molar-refractivity contribution in [3.8, 4) is 0 Å². The average Bonchev–Trinajstić information content (AvgIpc) is 2.87. The Kier molecular flexibility index (Phi) is 3.34. The molecule has 100 valence electrons. The van der Waals surface area contributed by atoms with Crippen LogP contribution in [-0.4, -0.2) is 15.5 Å². The Labute approximate surface area is 124 Å². The number of pyridine rings is 1. The second kappa shape index (κ2) is 5.15. The van der Waals surface area contributed by atoms with Crippen molar-refractivity contribution >= 4 is 40.3 Å². The smallest absolute Gasteiger partial charge is 0.276 e. The Morgan fingerprint density at radius 1 is 1.10 bits per heavy atom. The molecule has 6 heteroatoms. The summed E-state index contributed by atoms with van der Waals surface area (Å²) >= 11 is 11.7. The van der Waals surface area contributed by atoms with E-state index in [0.717, 1.165) is 5.52 Å². The van der Waals surface area contributed by atoms with Crippen molar-refractivity contribution in [2.75, 3.05) is 5.32 Å². The maximum Gasteiger partial charge on any atom is 0.276 e. The van der Waals surface area contributed by atoms with Gasteiger partial charge in [0.25, 0.3) is 5.91 Å². The summed E-state index contributed by atoms with van der Waals surface area (Å²) in [4.78, 5) is 12.1. The van der Waals surface area contributed by atoms with Crippen molar-refractivity contribution in [2.45, 2.75) is 0 Å². The predicted molar refractivity (Wildman–Crippen MR) is 79.6 cm³/mol. The second-order valence-electron chi connectivity index (χ2n) is 4.18. The van der Waals surface area contributed by atoms with E-state index in [2.05, 4.69) is 10.4 Å². The van der Waals surface area contributed by atoms with E-state index in [4.69, 9.17) is 23.2 Å². The highest BCUT2D eigenvalue weighted by molar-refractivity contribution is 6.42. The van der Waals surface area contributed by atoms with E-state index in [9.17, 15) is 4.79 Å². The van der Waals surface area contributed by atoms with Gasteiger partial charge in [0.2, 0.25) is 0 Å². The molecule has 0 saturated heterocycles. The SMILES string of the molecule is O=C(Nc1ccc(Cl)c(Cl)c1)c1cc2ccccn2n1. The predicted octanol–water partition coefficient (Wildman–Crippen LogP) is 3.89. The molecule has 0 spiro atoms. The van der Waals surface area contributed by atoms with E-state index < -0.39 is 0 Å². The van der Waals surface area contributed by atoms with Crippen molar-refractivity contribution < 1.29 is 4.79 Å². The first-order valence-corrected chi connectivity index (χ1v) is 6.60. The number of nitrogens with zero attached hydrogens (tertiary/aromatic N) is 2. The van der Waals surface area contributed by atoms with Gasteiger partial charge >= 0.3 is 0 Å². The van der Waals surface area contributed by atoms with Gasteiger partial charge < -0.3 is 5.32 Å². The highest BCUT2D eigenvalue weighted by Crippen LogP contribution is 2.25. The molecular formula is C14H9Cl2N3O. The Bertz CT molecular complexity index is 765. The fourth-order valence-corrected chi connectivity index (χ4v) is 2.12. The summed E-state index contributed by atoms with van der Waals surface area (Å²) in [5, 5.41) is 7.75. The van der Waals surface area contributed by atoms with Crippen molar-refractivity contribution in [3.05, 3.63) is 64.4 Å². The molecule has 0 saturated carbocycles. The fraction of sp³-hybridized carbons (Fsp3) is 0. The number of hydrogen-bond acceptors (Lipinski definition) is 2. The molecule has 0 fully saturated rings. The topological polar surface area (TPSA) is 46.4 Å². The average molecular weight is 306 g/mol. The molecule has 0 bridgehead atoms. The lowest BCUT2D eigenvalue weighted by atomic mass is 10.3. The number of rotatable bonds is 2. The first kappa shape index (κ1) is 13.0. The second-order valence-corrected chi connectivity index (χ2v) is 5.00. The van der Waals surface area contributed by atoms with Crippen LogP contribution in [0.2, 0.25) is 10.0 Å². The highest BCUT2D eigenvalue weighted by atomic mass is 35.5. The van der Waals surface area contributed by atoms with Gasteiger partial charge in [-0.05, 0) is 36.4 Å². The maximum absolute atomic E-state index is 12.1. The summed E-state index contributed by atoms with van der Waals surface area (Å²) in [6, 6.07) is 12.2. The summed E-state index contributed by atoms with van der Waals surface area (Å²) in [6.45, 7) is 0. The third-order valence-corrected chi connectivity index (χ3v) is 3.52. The Morgan fingerprint density at radius 2 is 1.95 bits per heavy atom. The van der Waals surface area contributed by atoms with Crippen LogP contribution in [0, 0.1) is 0 Å². The first-order valence-electron chi connectivity index (χ1n) is 5.84. The van der Waals surface area contributed by atoms with Gasteiger partial charge in [0.05, 0.1) is 15.6 Å². The lowest BCUT2D eigenvalue weighted by Crippen LogP contribution is -2.12. The Balaban J connectivity index is 1.86. The number of benzene rings is 1. The van der Waals surface area contributed by atoms with Gasteiger partial charge in [-0.2, -0.15) is 5.10 Å².